The molecule has 0 unspecified atom stereocenters. The van der Waals surface area contributed by atoms with E-state index in [0.29, 0.717) is 23.5 Å². The molecule has 1 heterocycles. The van der Waals surface area contributed by atoms with Gasteiger partial charge in [-0.3, -0.25) is 0 Å². The standard InChI is InChI=1S/C10H5F6N3S/c11-9(12,13)5-1-4(7-18-19-8(17)20-7)2-6(3-5)10(14,15)16/h1-3H,(H2,17,19). The summed E-state index contributed by atoms with van der Waals surface area (Å²) in [4.78, 5) is 0. The topological polar surface area (TPSA) is 51.8 Å². The first-order valence-electron chi connectivity index (χ1n) is 4.96. The van der Waals surface area contributed by atoms with E-state index in [4.69, 9.17) is 5.73 Å². The van der Waals surface area contributed by atoms with E-state index in [1.807, 2.05) is 0 Å². The molecule has 20 heavy (non-hydrogen) atoms. The summed E-state index contributed by atoms with van der Waals surface area (Å²) in [7, 11) is 0. The minimum Gasteiger partial charge on any atom is -0.374 e. The highest BCUT2D eigenvalue weighted by Crippen LogP contribution is 2.39. The fraction of sp³-hybridized carbons (Fsp3) is 0.200. The predicted molar refractivity (Wildman–Crippen MR) is 59.8 cm³/mol. The number of aromatic nitrogens is 2. The maximum absolute atomic E-state index is 12.6. The van der Waals surface area contributed by atoms with Crippen molar-refractivity contribution < 1.29 is 26.3 Å². The molecule has 0 fully saturated rings. The third kappa shape index (κ3) is 3.00. The predicted octanol–water partition coefficient (Wildman–Crippen LogP) is 3.82. The first-order chi connectivity index (χ1) is 9.07. The lowest BCUT2D eigenvalue weighted by Crippen LogP contribution is -2.11. The van der Waals surface area contributed by atoms with Gasteiger partial charge in [0, 0.05) is 5.56 Å². The number of alkyl halides is 6. The summed E-state index contributed by atoms with van der Waals surface area (Å²) in [5.41, 5.74) is 2.12. The third-order valence-electron chi connectivity index (χ3n) is 2.28. The number of hydrogen-bond acceptors (Lipinski definition) is 4. The van der Waals surface area contributed by atoms with Crippen molar-refractivity contribution in [2.75, 3.05) is 5.73 Å². The van der Waals surface area contributed by atoms with Gasteiger partial charge in [-0.15, -0.1) is 10.2 Å². The van der Waals surface area contributed by atoms with E-state index in [1.165, 1.54) is 0 Å². The molecule has 2 rings (SSSR count). The molecule has 0 aliphatic carbocycles. The zero-order chi connectivity index (χ0) is 15.1. The van der Waals surface area contributed by atoms with Gasteiger partial charge in [-0.25, -0.2) is 0 Å². The molecule has 0 radical (unpaired) electrons. The van der Waals surface area contributed by atoms with Crippen LogP contribution in [-0.4, -0.2) is 10.2 Å². The van der Waals surface area contributed by atoms with Gasteiger partial charge in [0.05, 0.1) is 11.1 Å². The largest absolute Gasteiger partial charge is 0.416 e. The Balaban J connectivity index is 2.63. The number of anilines is 1. The Morgan fingerprint density at radius 3 is 1.70 bits per heavy atom. The average Bonchev–Trinajstić information content (AvgIpc) is 2.73. The first kappa shape index (κ1) is 14.6. The molecule has 0 saturated heterocycles. The molecule has 0 amide bonds. The summed E-state index contributed by atoms with van der Waals surface area (Å²) in [5, 5.41) is 6.64. The number of rotatable bonds is 1. The quantitative estimate of drug-likeness (QED) is 0.814. The molecular formula is C10H5F6N3S. The summed E-state index contributed by atoms with van der Waals surface area (Å²) in [6, 6.07) is 1.21. The van der Waals surface area contributed by atoms with Gasteiger partial charge in [-0.1, -0.05) is 11.3 Å². The maximum atomic E-state index is 12.6. The molecule has 0 saturated carbocycles. The normalized spacial score (nSPS) is 12.7. The molecule has 2 aromatic rings. The van der Waals surface area contributed by atoms with Gasteiger partial charge >= 0.3 is 12.4 Å². The highest BCUT2D eigenvalue weighted by atomic mass is 32.1. The van der Waals surface area contributed by atoms with Crippen LogP contribution >= 0.6 is 11.3 Å². The van der Waals surface area contributed by atoms with Gasteiger partial charge in [0.2, 0.25) is 5.13 Å². The highest BCUT2D eigenvalue weighted by molar-refractivity contribution is 7.18. The van der Waals surface area contributed by atoms with Gasteiger partial charge in [0.25, 0.3) is 0 Å². The molecule has 1 aromatic carbocycles. The van der Waals surface area contributed by atoms with E-state index < -0.39 is 23.5 Å². The van der Waals surface area contributed by atoms with Gasteiger partial charge in [0.1, 0.15) is 5.01 Å². The van der Waals surface area contributed by atoms with E-state index in [-0.39, 0.29) is 21.8 Å². The van der Waals surface area contributed by atoms with Crippen molar-refractivity contribution in [3.05, 3.63) is 29.3 Å². The molecule has 0 atom stereocenters. The minimum absolute atomic E-state index is 0.0495. The second-order valence-corrected chi connectivity index (χ2v) is 4.75. The van der Waals surface area contributed by atoms with E-state index in [1.54, 1.807) is 0 Å². The molecule has 10 heteroatoms. The van der Waals surface area contributed by atoms with Crippen LogP contribution in [0.4, 0.5) is 31.5 Å². The van der Waals surface area contributed by atoms with Gasteiger partial charge in [0.15, 0.2) is 0 Å². The Hall–Kier alpha value is -1.84. The van der Waals surface area contributed by atoms with Crippen molar-refractivity contribution in [3.63, 3.8) is 0 Å². The maximum Gasteiger partial charge on any atom is 0.416 e. The lowest BCUT2D eigenvalue weighted by Gasteiger charge is -2.13. The summed E-state index contributed by atoms with van der Waals surface area (Å²) in [6.45, 7) is 0. The van der Waals surface area contributed by atoms with E-state index >= 15 is 0 Å². The summed E-state index contributed by atoms with van der Waals surface area (Å²) in [6.07, 6.45) is -9.79. The molecule has 0 bridgehead atoms. The number of nitrogen functional groups attached to an aromatic ring is 1. The van der Waals surface area contributed by atoms with Crippen molar-refractivity contribution in [3.8, 4) is 10.6 Å². The Morgan fingerprint density at radius 1 is 0.850 bits per heavy atom. The fourth-order valence-electron chi connectivity index (χ4n) is 1.43. The van der Waals surface area contributed by atoms with E-state index in [9.17, 15) is 26.3 Å². The van der Waals surface area contributed by atoms with Crippen molar-refractivity contribution >= 4 is 16.5 Å². The van der Waals surface area contributed by atoms with Gasteiger partial charge in [-0.2, -0.15) is 26.3 Å². The number of benzene rings is 1. The Labute approximate surface area is 112 Å². The van der Waals surface area contributed by atoms with Crippen LogP contribution in [-0.2, 0) is 12.4 Å². The average molecular weight is 313 g/mol. The van der Waals surface area contributed by atoms with E-state index in [0.717, 1.165) is 0 Å². The number of nitrogens with two attached hydrogens (primary N) is 1. The minimum atomic E-state index is -4.90. The van der Waals surface area contributed by atoms with Gasteiger partial charge in [-0.05, 0) is 18.2 Å². The second kappa shape index (κ2) is 4.62. The molecule has 1 aromatic heterocycles. The molecule has 0 aliphatic heterocycles. The van der Waals surface area contributed by atoms with Crippen LogP contribution in [0, 0.1) is 0 Å². The lowest BCUT2D eigenvalue weighted by molar-refractivity contribution is -0.143. The van der Waals surface area contributed by atoms with Crippen LogP contribution in [0.15, 0.2) is 18.2 Å². The van der Waals surface area contributed by atoms with Crippen LogP contribution in [0.25, 0.3) is 10.6 Å². The van der Waals surface area contributed by atoms with Crippen LogP contribution in [0.2, 0.25) is 0 Å². The number of halogens is 6. The van der Waals surface area contributed by atoms with Gasteiger partial charge < -0.3 is 5.73 Å². The van der Waals surface area contributed by atoms with Crippen molar-refractivity contribution in [2.45, 2.75) is 12.4 Å². The van der Waals surface area contributed by atoms with Crippen LogP contribution in [0.1, 0.15) is 11.1 Å². The van der Waals surface area contributed by atoms with Crippen LogP contribution < -0.4 is 5.73 Å². The molecule has 108 valence electrons. The van der Waals surface area contributed by atoms with E-state index in [2.05, 4.69) is 10.2 Å². The molecule has 0 aliphatic rings. The van der Waals surface area contributed by atoms with Crippen molar-refractivity contribution in [1.29, 1.82) is 0 Å². The Kier molecular flexibility index (Phi) is 3.36. The first-order valence-corrected chi connectivity index (χ1v) is 5.78. The van der Waals surface area contributed by atoms with Crippen molar-refractivity contribution in [1.82, 2.24) is 10.2 Å². The Morgan fingerprint density at radius 2 is 1.35 bits per heavy atom. The second-order valence-electron chi connectivity index (χ2n) is 3.74. The number of nitrogens with zero attached hydrogens (tertiary/aromatic N) is 2. The summed E-state index contributed by atoms with van der Waals surface area (Å²) >= 11 is 0.700. The molecule has 3 nitrogen and oxygen atoms in total. The van der Waals surface area contributed by atoms with Crippen LogP contribution in [0.3, 0.4) is 0 Å². The zero-order valence-corrected chi connectivity index (χ0v) is 10.2. The fourth-order valence-corrected chi connectivity index (χ4v) is 2.03. The van der Waals surface area contributed by atoms with Crippen molar-refractivity contribution in [2.24, 2.45) is 0 Å². The monoisotopic (exact) mass is 313 g/mol. The third-order valence-corrected chi connectivity index (χ3v) is 3.08. The Bertz CT molecular complexity index is 598. The molecule has 2 N–H and O–H groups in total. The highest BCUT2D eigenvalue weighted by Gasteiger charge is 2.37. The zero-order valence-electron chi connectivity index (χ0n) is 9.38. The lowest BCUT2D eigenvalue weighted by atomic mass is 10.1. The summed E-state index contributed by atoms with van der Waals surface area (Å²) in [5.74, 6) is 0. The number of hydrogen-bond donors (Lipinski definition) is 1. The van der Waals surface area contributed by atoms with Crippen LogP contribution in [0.5, 0.6) is 0 Å². The molecule has 0 spiro atoms. The molecular weight excluding hydrogens is 308 g/mol. The summed E-state index contributed by atoms with van der Waals surface area (Å²) < 4.78 is 75.8. The smallest absolute Gasteiger partial charge is 0.374 e. The SMILES string of the molecule is Nc1nnc(-c2cc(C(F)(F)F)cc(C(F)(F)F)c2)s1.